The van der Waals surface area contributed by atoms with E-state index in [-0.39, 0.29) is 11.3 Å². The van der Waals surface area contributed by atoms with Crippen LogP contribution < -0.4 is 9.47 Å². The number of nitro benzene ring substituents is 1. The molecule has 6 heteroatoms. The Bertz CT molecular complexity index is 696. The number of nitrogens with zero attached hydrogens (tertiary/aromatic N) is 1. The summed E-state index contributed by atoms with van der Waals surface area (Å²) in [5.74, 6) is 1.19. The second-order valence-electron chi connectivity index (χ2n) is 4.21. The van der Waals surface area contributed by atoms with Crippen LogP contribution in [0.4, 0.5) is 5.69 Å². The molecule has 21 heavy (non-hydrogen) atoms. The first-order chi connectivity index (χ1) is 10.1. The van der Waals surface area contributed by atoms with E-state index in [9.17, 15) is 14.9 Å². The van der Waals surface area contributed by atoms with E-state index >= 15 is 0 Å². The lowest BCUT2D eigenvalue weighted by Gasteiger charge is -2.11. The lowest BCUT2D eigenvalue weighted by atomic mass is 10.0. The number of aldehydes is 1. The van der Waals surface area contributed by atoms with Gasteiger partial charge in [0.25, 0.3) is 5.69 Å². The summed E-state index contributed by atoms with van der Waals surface area (Å²) in [4.78, 5) is 21.3. The van der Waals surface area contributed by atoms with E-state index in [2.05, 4.69) is 0 Å². The maximum Gasteiger partial charge on any atom is 0.279 e. The van der Waals surface area contributed by atoms with Crippen molar-refractivity contribution in [2.24, 2.45) is 0 Å². The molecule has 0 aliphatic rings. The second-order valence-corrected chi connectivity index (χ2v) is 4.21. The van der Waals surface area contributed by atoms with Crippen LogP contribution in [0.25, 0.3) is 11.1 Å². The number of nitro groups is 1. The van der Waals surface area contributed by atoms with Gasteiger partial charge >= 0.3 is 0 Å². The van der Waals surface area contributed by atoms with Gasteiger partial charge in [0.15, 0.2) is 6.29 Å². The zero-order valence-electron chi connectivity index (χ0n) is 11.5. The Morgan fingerprint density at radius 1 is 1.10 bits per heavy atom. The fraction of sp³-hybridized carbons (Fsp3) is 0.133. The predicted molar refractivity (Wildman–Crippen MR) is 77.0 cm³/mol. The molecule has 0 saturated carbocycles. The molecule has 0 fully saturated rings. The minimum atomic E-state index is -0.585. The highest BCUT2D eigenvalue weighted by atomic mass is 16.6. The van der Waals surface area contributed by atoms with E-state index in [1.165, 1.54) is 19.2 Å². The van der Waals surface area contributed by atoms with Crippen molar-refractivity contribution in [1.82, 2.24) is 0 Å². The van der Waals surface area contributed by atoms with E-state index < -0.39 is 4.92 Å². The zero-order valence-corrected chi connectivity index (χ0v) is 11.5. The van der Waals surface area contributed by atoms with Crippen LogP contribution in [0.2, 0.25) is 0 Å². The first-order valence-electron chi connectivity index (χ1n) is 6.06. The van der Waals surface area contributed by atoms with Gasteiger partial charge in [-0.15, -0.1) is 0 Å². The van der Waals surface area contributed by atoms with E-state index in [1.54, 1.807) is 31.4 Å². The number of benzene rings is 2. The Kier molecular flexibility index (Phi) is 4.18. The number of rotatable bonds is 5. The first-order valence-corrected chi connectivity index (χ1v) is 6.06. The van der Waals surface area contributed by atoms with Gasteiger partial charge in [0.1, 0.15) is 11.5 Å². The molecule has 0 heterocycles. The SMILES string of the molecule is COc1ccc(-c2ccc([N+](=O)[O-])c(C=O)c2)c(OC)c1. The number of hydrogen-bond donors (Lipinski definition) is 0. The fourth-order valence-corrected chi connectivity index (χ4v) is 2.02. The average molecular weight is 287 g/mol. The molecule has 108 valence electrons. The van der Waals surface area contributed by atoms with E-state index in [0.29, 0.717) is 23.3 Å². The minimum absolute atomic E-state index is 0.0235. The zero-order chi connectivity index (χ0) is 15.4. The summed E-state index contributed by atoms with van der Waals surface area (Å²) in [6.07, 6.45) is 0.470. The van der Waals surface area contributed by atoms with E-state index in [4.69, 9.17) is 9.47 Å². The molecule has 0 spiro atoms. The largest absolute Gasteiger partial charge is 0.497 e. The van der Waals surface area contributed by atoms with Crippen LogP contribution in [0, 0.1) is 10.1 Å². The first kappa shape index (κ1) is 14.5. The van der Waals surface area contributed by atoms with Crippen molar-refractivity contribution >= 4 is 12.0 Å². The lowest BCUT2D eigenvalue weighted by Crippen LogP contribution is -1.96. The molecule has 0 atom stereocenters. The summed E-state index contributed by atoms with van der Waals surface area (Å²) in [5, 5.41) is 10.8. The number of carbonyl (C=O) groups excluding carboxylic acids is 1. The average Bonchev–Trinajstić information content (AvgIpc) is 2.53. The summed E-state index contributed by atoms with van der Waals surface area (Å²) < 4.78 is 10.4. The lowest BCUT2D eigenvalue weighted by molar-refractivity contribution is -0.385. The number of ether oxygens (including phenoxy) is 2. The van der Waals surface area contributed by atoms with Crippen LogP contribution in [0.5, 0.6) is 11.5 Å². The number of methoxy groups -OCH3 is 2. The molecule has 2 aromatic rings. The van der Waals surface area contributed by atoms with Crippen molar-refractivity contribution in [3.8, 4) is 22.6 Å². The molecule has 2 rings (SSSR count). The monoisotopic (exact) mass is 287 g/mol. The van der Waals surface area contributed by atoms with Gasteiger partial charge in [-0.1, -0.05) is 0 Å². The van der Waals surface area contributed by atoms with Gasteiger partial charge in [0.05, 0.1) is 24.7 Å². The molecule has 0 N–H and O–H groups in total. The quantitative estimate of drug-likeness (QED) is 0.479. The van der Waals surface area contributed by atoms with Crippen molar-refractivity contribution in [3.05, 3.63) is 52.1 Å². The highest BCUT2D eigenvalue weighted by molar-refractivity contribution is 5.85. The molecule has 0 aliphatic heterocycles. The molecule has 0 radical (unpaired) electrons. The van der Waals surface area contributed by atoms with Crippen molar-refractivity contribution in [3.63, 3.8) is 0 Å². The third kappa shape index (κ3) is 2.84. The van der Waals surface area contributed by atoms with Gasteiger partial charge in [0.2, 0.25) is 0 Å². The van der Waals surface area contributed by atoms with Gasteiger partial charge in [-0.3, -0.25) is 14.9 Å². The molecule has 0 aromatic heterocycles. The Hall–Kier alpha value is -2.89. The minimum Gasteiger partial charge on any atom is -0.497 e. The van der Waals surface area contributed by atoms with Gasteiger partial charge < -0.3 is 9.47 Å². The standard InChI is InChI=1S/C15H13NO5/c1-20-12-4-5-13(15(8-12)21-2)10-3-6-14(16(18)19)11(7-10)9-17/h3-9H,1-2H3. The Morgan fingerprint density at radius 2 is 1.86 bits per heavy atom. The molecule has 0 unspecified atom stereocenters. The molecule has 0 aliphatic carbocycles. The van der Waals surface area contributed by atoms with E-state index in [0.717, 1.165) is 5.56 Å². The Morgan fingerprint density at radius 3 is 2.43 bits per heavy atom. The topological polar surface area (TPSA) is 78.7 Å². The Balaban J connectivity index is 2.56. The third-order valence-corrected chi connectivity index (χ3v) is 3.07. The molecule has 0 amide bonds. The number of hydrogen-bond acceptors (Lipinski definition) is 5. The van der Waals surface area contributed by atoms with E-state index in [1.807, 2.05) is 0 Å². The second kappa shape index (κ2) is 6.04. The summed E-state index contributed by atoms with van der Waals surface area (Å²) >= 11 is 0. The van der Waals surface area contributed by atoms with Gasteiger partial charge in [-0.05, 0) is 29.8 Å². The predicted octanol–water partition coefficient (Wildman–Crippen LogP) is 3.09. The summed E-state index contributed by atoms with van der Waals surface area (Å²) in [7, 11) is 3.06. The van der Waals surface area contributed by atoms with Crippen LogP contribution in [-0.2, 0) is 0 Å². The number of carbonyl (C=O) groups is 1. The summed E-state index contributed by atoms with van der Waals surface area (Å²) in [5.41, 5.74) is 1.18. The molecule has 2 aromatic carbocycles. The van der Waals surface area contributed by atoms with Crippen LogP contribution in [-0.4, -0.2) is 25.4 Å². The fourth-order valence-electron chi connectivity index (χ4n) is 2.02. The molecule has 0 saturated heterocycles. The molecular formula is C15H13NO5. The van der Waals surface area contributed by atoms with Gasteiger partial charge in [-0.2, -0.15) is 0 Å². The highest BCUT2D eigenvalue weighted by Crippen LogP contribution is 2.34. The molecule has 6 nitrogen and oxygen atoms in total. The third-order valence-electron chi connectivity index (χ3n) is 3.07. The smallest absolute Gasteiger partial charge is 0.279 e. The maximum atomic E-state index is 11.0. The Labute approximate surface area is 121 Å². The van der Waals surface area contributed by atoms with Crippen molar-refractivity contribution in [2.75, 3.05) is 14.2 Å². The normalized spacial score (nSPS) is 10.0. The van der Waals surface area contributed by atoms with Crippen LogP contribution in [0.1, 0.15) is 10.4 Å². The summed E-state index contributed by atoms with van der Waals surface area (Å²) in [6.45, 7) is 0. The van der Waals surface area contributed by atoms with Crippen LogP contribution in [0.15, 0.2) is 36.4 Å². The van der Waals surface area contributed by atoms with Crippen molar-refractivity contribution in [1.29, 1.82) is 0 Å². The van der Waals surface area contributed by atoms with Crippen LogP contribution in [0.3, 0.4) is 0 Å². The molecule has 0 bridgehead atoms. The van der Waals surface area contributed by atoms with Crippen LogP contribution >= 0.6 is 0 Å². The summed E-state index contributed by atoms with van der Waals surface area (Å²) in [6, 6.07) is 9.58. The van der Waals surface area contributed by atoms with Gasteiger partial charge in [0, 0.05) is 17.7 Å². The van der Waals surface area contributed by atoms with Crippen molar-refractivity contribution < 1.29 is 19.2 Å². The van der Waals surface area contributed by atoms with Crippen molar-refractivity contribution in [2.45, 2.75) is 0 Å². The molecular weight excluding hydrogens is 274 g/mol. The maximum absolute atomic E-state index is 11.0. The highest BCUT2D eigenvalue weighted by Gasteiger charge is 2.16. The van der Waals surface area contributed by atoms with Gasteiger partial charge in [-0.25, -0.2) is 0 Å².